The average molecular weight is 411 g/mol. The molecule has 2 amide bonds. The van der Waals surface area contributed by atoms with Gasteiger partial charge >= 0.3 is 0 Å². The van der Waals surface area contributed by atoms with Gasteiger partial charge in [-0.25, -0.2) is 4.98 Å². The van der Waals surface area contributed by atoms with Crippen molar-refractivity contribution in [3.8, 4) is 0 Å². The van der Waals surface area contributed by atoms with Gasteiger partial charge in [0.25, 0.3) is 0 Å². The molecule has 1 aromatic heterocycles. The van der Waals surface area contributed by atoms with Crippen LogP contribution in [0, 0.1) is 12.3 Å². The van der Waals surface area contributed by atoms with E-state index in [0.29, 0.717) is 39.2 Å². The molecule has 160 valence electrons. The van der Waals surface area contributed by atoms with Gasteiger partial charge in [-0.1, -0.05) is 24.3 Å². The number of aromatic nitrogens is 2. The van der Waals surface area contributed by atoms with Crippen LogP contribution in [-0.4, -0.2) is 71.1 Å². The Morgan fingerprint density at radius 1 is 1.33 bits per heavy atom. The van der Waals surface area contributed by atoms with Gasteiger partial charge in [0.1, 0.15) is 0 Å². The van der Waals surface area contributed by atoms with E-state index >= 15 is 0 Å². The SMILES string of the molecule is COCCN1CC[C@@]2(CN(C(=O)Cc3ccccc3C)C[C@@H]2c2cn(C)cn2)C1=O. The third-order valence-electron chi connectivity index (χ3n) is 6.69. The van der Waals surface area contributed by atoms with Gasteiger partial charge in [-0.2, -0.15) is 0 Å². The minimum Gasteiger partial charge on any atom is -0.383 e. The van der Waals surface area contributed by atoms with Crippen LogP contribution in [0.1, 0.15) is 29.2 Å². The van der Waals surface area contributed by atoms with E-state index < -0.39 is 5.41 Å². The number of methoxy groups -OCH3 is 1. The van der Waals surface area contributed by atoms with Gasteiger partial charge < -0.3 is 19.1 Å². The topological polar surface area (TPSA) is 67.7 Å². The maximum Gasteiger partial charge on any atom is 0.231 e. The molecule has 0 bridgehead atoms. The highest BCUT2D eigenvalue weighted by molar-refractivity contribution is 5.89. The smallest absolute Gasteiger partial charge is 0.231 e. The van der Waals surface area contributed by atoms with Crippen molar-refractivity contribution in [2.45, 2.75) is 25.7 Å². The second kappa shape index (κ2) is 8.22. The zero-order valence-electron chi connectivity index (χ0n) is 18.0. The fourth-order valence-corrected chi connectivity index (χ4v) is 4.92. The number of rotatable bonds is 6. The number of benzene rings is 1. The Kier molecular flexibility index (Phi) is 5.64. The van der Waals surface area contributed by atoms with Crippen LogP contribution < -0.4 is 0 Å². The van der Waals surface area contributed by atoms with E-state index in [0.717, 1.165) is 23.2 Å². The second-order valence-electron chi connectivity index (χ2n) is 8.59. The van der Waals surface area contributed by atoms with E-state index in [4.69, 9.17) is 4.74 Å². The molecule has 3 heterocycles. The molecule has 0 N–H and O–H groups in total. The Labute approximate surface area is 177 Å². The highest BCUT2D eigenvalue weighted by atomic mass is 16.5. The molecular formula is C23H30N4O3. The molecule has 0 unspecified atom stereocenters. The van der Waals surface area contributed by atoms with Crippen LogP contribution in [0.4, 0.5) is 0 Å². The van der Waals surface area contributed by atoms with Crippen LogP contribution in [-0.2, 0) is 27.8 Å². The number of hydrogen-bond acceptors (Lipinski definition) is 4. The van der Waals surface area contributed by atoms with Crippen molar-refractivity contribution in [2.75, 3.05) is 39.9 Å². The number of aryl methyl sites for hydroxylation is 2. The molecular weight excluding hydrogens is 380 g/mol. The van der Waals surface area contributed by atoms with Crippen molar-refractivity contribution in [3.05, 3.63) is 53.6 Å². The summed E-state index contributed by atoms with van der Waals surface area (Å²) in [5.41, 5.74) is 2.45. The molecule has 2 aromatic rings. The summed E-state index contributed by atoms with van der Waals surface area (Å²) in [6.07, 6.45) is 4.85. The lowest BCUT2D eigenvalue weighted by molar-refractivity contribution is -0.137. The van der Waals surface area contributed by atoms with Crippen LogP contribution in [0.25, 0.3) is 0 Å². The van der Waals surface area contributed by atoms with E-state index in [9.17, 15) is 9.59 Å². The summed E-state index contributed by atoms with van der Waals surface area (Å²) in [6.45, 7) is 4.83. The largest absolute Gasteiger partial charge is 0.383 e. The molecule has 0 saturated carbocycles. The number of carbonyl (C=O) groups is 2. The molecule has 7 nitrogen and oxygen atoms in total. The predicted molar refractivity (Wildman–Crippen MR) is 113 cm³/mol. The first-order valence-corrected chi connectivity index (χ1v) is 10.5. The summed E-state index contributed by atoms with van der Waals surface area (Å²) in [6, 6.07) is 7.98. The Morgan fingerprint density at radius 2 is 2.13 bits per heavy atom. The van der Waals surface area contributed by atoms with Gasteiger partial charge in [0.2, 0.25) is 11.8 Å². The Bertz CT molecular complexity index is 940. The number of nitrogens with zero attached hydrogens (tertiary/aromatic N) is 4. The lowest BCUT2D eigenvalue weighted by atomic mass is 9.75. The van der Waals surface area contributed by atoms with Crippen molar-refractivity contribution < 1.29 is 14.3 Å². The van der Waals surface area contributed by atoms with E-state index in [1.165, 1.54) is 0 Å². The molecule has 0 aliphatic carbocycles. The first kappa shape index (κ1) is 20.6. The van der Waals surface area contributed by atoms with Gasteiger partial charge in [-0.15, -0.1) is 0 Å². The molecule has 2 fully saturated rings. The number of amides is 2. The fraction of sp³-hybridized carbons (Fsp3) is 0.522. The third kappa shape index (κ3) is 3.62. The van der Waals surface area contributed by atoms with Crippen LogP contribution in [0.3, 0.4) is 0 Å². The summed E-state index contributed by atoms with van der Waals surface area (Å²) in [4.78, 5) is 35.0. The molecule has 7 heteroatoms. The number of likely N-dealkylation sites (tertiary alicyclic amines) is 2. The van der Waals surface area contributed by atoms with E-state index in [1.54, 1.807) is 13.4 Å². The maximum absolute atomic E-state index is 13.5. The zero-order chi connectivity index (χ0) is 21.3. The second-order valence-corrected chi connectivity index (χ2v) is 8.59. The highest BCUT2D eigenvalue weighted by Crippen LogP contribution is 2.49. The molecule has 2 saturated heterocycles. The normalized spacial score (nSPS) is 23.7. The molecule has 1 spiro atoms. The summed E-state index contributed by atoms with van der Waals surface area (Å²) in [7, 11) is 3.58. The molecule has 2 aliphatic rings. The Hall–Kier alpha value is -2.67. The maximum atomic E-state index is 13.5. The highest BCUT2D eigenvalue weighted by Gasteiger charge is 2.58. The van der Waals surface area contributed by atoms with E-state index in [1.807, 2.05) is 58.8 Å². The minimum atomic E-state index is -0.594. The Balaban J connectivity index is 1.59. The number of ether oxygens (including phenoxy) is 1. The van der Waals surface area contributed by atoms with E-state index in [2.05, 4.69) is 4.98 Å². The average Bonchev–Trinajstić information content (AvgIpc) is 3.41. The number of hydrogen-bond donors (Lipinski definition) is 0. The van der Waals surface area contributed by atoms with Crippen molar-refractivity contribution in [1.82, 2.24) is 19.4 Å². The van der Waals surface area contributed by atoms with Crippen molar-refractivity contribution in [3.63, 3.8) is 0 Å². The van der Waals surface area contributed by atoms with Gasteiger partial charge in [-0.05, 0) is 24.5 Å². The van der Waals surface area contributed by atoms with Gasteiger partial charge in [0.05, 0.1) is 30.5 Å². The van der Waals surface area contributed by atoms with Crippen molar-refractivity contribution >= 4 is 11.8 Å². The standard InChI is InChI=1S/C23H30N4O3/c1-17-6-4-5-7-18(17)12-21(28)27-13-19(20-14-25(2)16-24-20)23(15-27)8-9-26(22(23)29)10-11-30-3/h4-7,14,16,19H,8-13,15H2,1-3H3/t19-,23+/m1/s1. The monoisotopic (exact) mass is 410 g/mol. The molecule has 0 radical (unpaired) electrons. The quantitative estimate of drug-likeness (QED) is 0.728. The van der Waals surface area contributed by atoms with Crippen molar-refractivity contribution in [2.24, 2.45) is 12.5 Å². The predicted octanol–water partition coefficient (Wildman–Crippen LogP) is 1.76. The summed E-state index contributed by atoms with van der Waals surface area (Å²) in [5.74, 6) is 0.117. The van der Waals surface area contributed by atoms with Crippen molar-refractivity contribution in [1.29, 1.82) is 0 Å². The first-order valence-electron chi connectivity index (χ1n) is 10.5. The lowest BCUT2D eigenvalue weighted by Gasteiger charge is -2.27. The lowest BCUT2D eigenvalue weighted by Crippen LogP contribution is -2.41. The van der Waals surface area contributed by atoms with Crippen LogP contribution in [0.5, 0.6) is 0 Å². The number of imidazole rings is 1. The minimum absolute atomic E-state index is 0.0743. The van der Waals surface area contributed by atoms with Gasteiger partial charge in [0, 0.05) is 52.5 Å². The molecule has 1 aromatic carbocycles. The van der Waals surface area contributed by atoms with Crippen LogP contribution in [0.2, 0.25) is 0 Å². The van der Waals surface area contributed by atoms with Crippen LogP contribution in [0.15, 0.2) is 36.8 Å². The summed E-state index contributed by atoms with van der Waals surface area (Å²) < 4.78 is 7.09. The van der Waals surface area contributed by atoms with Gasteiger partial charge in [-0.3, -0.25) is 9.59 Å². The summed E-state index contributed by atoms with van der Waals surface area (Å²) in [5, 5.41) is 0. The zero-order valence-corrected chi connectivity index (χ0v) is 18.0. The molecule has 30 heavy (non-hydrogen) atoms. The fourth-order valence-electron chi connectivity index (χ4n) is 4.92. The molecule has 2 atom stereocenters. The first-order chi connectivity index (χ1) is 14.4. The third-order valence-corrected chi connectivity index (χ3v) is 6.69. The van der Waals surface area contributed by atoms with E-state index in [-0.39, 0.29) is 17.7 Å². The van der Waals surface area contributed by atoms with Gasteiger partial charge in [0.15, 0.2) is 0 Å². The summed E-state index contributed by atoms with van der Waals surface area (Å²) >= 11 is 0. The molecule has 4 rings (SSSR count). The molecule has 2 aliphatic heterocycles. The number of carbonyl (C=O) groups excluding carboxylic acids is 2. The van der Waals surface area contributed by atoms with Crippen LogP contribution >= 0.6 is 0 Å². The Morgan fingerprint density at radius 3 is 2.83 bits per heavy atom.